The summed E-state index contributed by atoms with van der Waals surface area (Å²) >= 11 is 5.95. The van der Waals surface area contributed by atoms with Crippen LogP contribution in [0.3, 0.4) is 0 Å². The monoisotopic (exact) mass is 240 g/mol. The number of rotatable bonds is 2. The zero-order valence-electron chi connectivity index (χ0n) is 9.36. The number of anilines is 1. The van der Waals surface area contributed by atoms with E-state index in [0.29, 0.717) is 10.7 Å². The van der Waals surface area contributed by atoms with Crippen molar-refractivity contribution in [2.24, 2.45) is 0 Å². The number of likely N-dealkylation sites (tertiary alicyclic amines) is 1. The molecule has 1 fully saturated rings. The smallest absolute Gasteiger partial charge is 0.0965 e. The molecule has 1 aliphatic heterocycles. The van der Waals surface area contributed by atoms with Crippen molar-refractivity contribution in [1.29, 1.82) is 0 Å². The molecule has 0 amide bonds. The van der Waals surface area contributed by atoms with Crippen molar-refractivity contribution in [3.63, 3.8) is 0 Å². The molecule has 2 atom stereocenters. The predicted octanol–water partition coefficient (Wildman–Crippen LogP) is 2.05. The topological polar surface area (TPSA) is 49.5 Å². The van der Waals surface area contributed by atoms with Crippen LogP contribution in [-0.4, -0.2) is 29.6 Å². The molecule has 4 heteroatoms. The molecule has 2 rings (SSSR count). The lowest BCUT2D eigenvalue weighted by Gasteiger charge is -2.26. The van der Waals surface area contributed by atoms with Gasteiger partial charge in [-0.05, 0) is 32.5 Å². The minimum Gasteiger partial charge on any atom is -0.397 e. The molecule has 1 aliphatic rings. The minimum absolute atomic E-state index is 0.153. The van der Waals surface area contributed by atoms with Crippen LogP contribution < -0.4 is 5.73 Å². The fourth-order valence-electron chi connectivity index (χ4n) is 2.35. The number of likely N-dealkylation sites (N-methyl/N-ethyl adjacent to an activating group) is 1. The van der Waals surface area contributed by atoms with Crippen LogP contribution in [0.25, 0.3) is 0 Å². The molecule has 1 saturated heterocycles. The van der Waals surface area contributed by atoms with E-state index in [9.17, 15) is 5.11 Å². The van der Waals surface area contributed by atoms with E-state index in [1.165, 1.54) is 0 Å². The van der Waals surface area contributed by atoms with Crippen molar-refractivity contribution >= 4 is 17.3 Å². The molecule has 1 aromatic rings. The maximum atomic E-state index is 10.3. The molecule has 0 radical (unpaired) electrons. The third-order valence-corrected chi connectivity index (χ3v) is 3.68. The van der Waals surface area contributed by atoms with Crippen molar-refractivity contribution in [2.45, 2.75) is 25.0 Å². The lowest BCUT2D eigenvalue weighted by Crippen LogP contribution is -2.31. The Kier molecular flexibility index (Phi) is 3.38. The molecule has 0 spiro atoms. The highest BCUT2D eigenvalue weighted by molar-refractivity contribution is 6.33. The van der Waals surface area contributed by atoms with Gasteiger partial charge in [-0.15, -0.1) is 0 Å². The molecule has 0 aromatic heterocycles. The highest BCUT2D eigenvalue weighted by Crippen LogP contribution is 2.33. The Labute approximate surface area is 101 Å². The van der Waals surface area contributed by atoms with Crippen LogP contribution in [0.1, 0.15) is 24.5 Å². The van der Waals surface area contributed by atoms with Crippen LogP contribution >= 0.6 is 11.6 Å². The van der Waals surface area contributed by atoms with Crippen LogP contribution in [0.5, 0.6) is 0 Å². The fourth-order valence-corrected chi connectivity index (χ4v) is 2.54. The van der Waals surface area contributed by atoms with Crippen molar-refractivity contribution < 1.29 is 5.11 Å². The molecule has 0 saturated carbocycles. The SMILES string of the molecule is CN1CCCC1C(O)c1cccc(Cl)c1N. The molecule has 3 nitrogen and oxygen atoms in total. The molecule has 0 aliphatic carbocycles. The number of aliphatic hydroxyl groups is 1. The Morgan fingerprint density at radius 3 is 2.94 bits per heavy atom. The highest BCUT2D eigenvalue weighted by Gasteiger charge is 2.30. The number of aliphatic hydroxyl groups excluding tert-OH is 1. The third kappa shape index (κ3) is 2.03. The van der Waals surface area contributed by atoms with Crippen LogP contribution in [0, 0.1) is 0 Å². The van der Waals surface area contributed by atoms with E-state index in [2.05, 4.69) is 4.90 Å². The first-order valence-corrected chi connectivity index (χ1v) is 5.91. The number of halogens is 1. The maximum absolute atomic E-state index is 10.3. The summed E-state index contributed by atoms with van der Waals surface area (Å²) in [5.41, 5.74) is 7.13. The van der Waals surface area contributed by atoms with Crippen LogP contribution in [-0.2, 0) is 0 Å². The summed E-state index contributed by atoms with van der Waals surface area (Å²) in [7, 11) is 2.03. The number of nitrogens with zero attached hydrogens (tertiary/aromatic N) is 1. The summed E-state index contributed by atoms with van der Waals surface area (Å²) in [6.45, 7) is 1.03. The average Bonchev–Trinajstić information content (AvgIpc) is 2.68. The van der Waals surface area contributed by atoms with Gasteiger partial charge in [-0.2, -0.15) is 0 Å². The van der Waals surface area contributed by atoms with Crippen molar-refractivity contribution in [1.82, 2.24) is 4.90 Å². The van der Waals surface area contributed by atoms with Gasteiger partial charge in [0, 0.05) is 11.6 Å². The van der Waals surface area contributed by atoms with E-state index in [4.69, 9.17) is 17.3 Å². The maximum Gasteiger partial charge on any atom is 0.0965 e. The molecule has 88 valence electrons. The summed E-state index contributed by atoms with van der Waals surface area (Å²) in [5, 5.41) is 10.8. The number of nitrogens with two attached hydrogens (primary N) is 1. The van der Waals surface area contributed by atoms with Gasteiger partial charge in [0.05, 0.1) is 16.8 Å². The highest BCUT2D eigenvalue weighted by atomic mass is 35.5. The van der Waals surface area contributed by atoms with Gasteiger partial charge in [0.15, 0.2) is 0 Å². The lowest BCUT2D eigenvalue weighted by atomic mass is 9.99. The zero-order chi connectivity index (χ0) is 11.7. The number of hydrogen-bond donors (Lipinski definition) is 2. The third-order valence-electron chi connectivity index (χ3n) is 3.35. The van der Waals surface area contributed by atoms with Gasteiger partial charge in [-0.1, -0.05) is 23.7 Å². The number of para-hydroxylation sites is 1. The molecular weight excluding hydrogens is 224 g/mol. The van der Waals surface area contributed by atoms with Crippen molar-refractivity contribution in [3.8, 4) is 0 Å². The van der Waals surface area contributed by atoms with Gasteiger partial charge in [-0.3, -0.25) is 0 Å². The first kappa shape index (κ1) is 11.7. The van der Waals surface area contributed by atoms with Gasteiger partial charge in [0.25, 0.3) is 0 Å². The second-order valence-electron chi connectivity index (χ2n) is 4.38. The Balaban J connectivity index is 2.26. The second-order valence-corrected chi connectivity index (χ2v) is 4.78. The van der Waals surface area contributed by atoms with E-state index in [1.807, 2.05) is 19.2 Å². The summed E-state index contributed by atoms with van der Waals surface area (Å²) in [4.78, 5) is 2.17. The average molecular weight is 241 g/mol. The molecule has 1 heterocycles. The molecule has 2 unspecified atom stereocenters. The number of hydrogen-bond acceptors (Lipinski definition) is 3. The summed E-state index contributed by atoms with van der Waals surface area (Å²) in [5.74, 6) is 0. The zero-order valence-corrected chi connectivity index (χ0v) is 10.1. The number of benzene rings is 1. The van der Waals surface area contributed by atoms with Gasteiger partial charge >= 0.3 is 0 Å². The van der Waals surface area contributed by atoms with E-state index in [0.717, 1.165) is 24.9 Å². The van der Waals surface area contributed by atoms with Gasteiger partial charge in [-0.25, -0.2) is 0 Å². The molecule has 16 heavy (non-hydrogen) atoms. The summed E-state index contributed by atoms with van der Waals surface area (Å²) < 4.78 is 0. The first-order chi connectivity index (χ1) is 7.61. The largest absolute Gasteiger partial charge is 0.397 e. The number of nitrogen functional groups attached to an aromatic ring is 1. The standard InChI is InChI=1S/C12H17ClN2O/c1-15-7-3-6-10(15)12(16)8-4-2-5-9(13)11(8)14/h2,4-5,10,12,16H,3,6-7,14H2,1H3. The molecule has 3 N–H and O–H groups in total. The van der Waals surface area contributed by atoms with E-state index in [-0.39, 0.29) is 6.04 Å². The van der Waals surface area contributed by atoms with Crippen LogP contribution in [0.2, 0.25) is 5.02 Å². The molecule has 0 bridgehead atoms. The van der Waals surface area contributed by atoms with Crippen LogP contribution in [0.15, 0.2) is 18.2 Å². The minimum atomic E-state index is -0.550. The Bertz CT molecular complexity index is 383. The van der Waals surface area contributed by atoms with Crippen molar-refractivity contribution in [2.75, 3.05) is 19.3 Å². The van der Waals surface area contributed by atoms with Crippen molar-refractivity contribution in [3.05, 3.63) is 28.8 Å². The summed E-state index contributed by atoms with van der Waals surface area (Å²) in [6, 6.07) is 5.57. The van der Waals surface area contributed by atoms with E-state index >= 15 is 0 Å². The van der Waals surface area contributed by atoms with Gasteiger partial charge in [0.2, 0.25) is 0 Å². The molecular formula is C12H17ClN2O. The van der Waals surface area contributed by atoms with Crippen LogP contribution in [0.4, 0.5) is 5.69 Å². The first-order valence-electron chi connectivity index (χ1n) is 5.53. The molecule has 1 aromatic carbocycles. The fraction of sp³-hybridized carbons (Fsp3) is 0.500. The Morgan fingerprint density at radius 2 is 2.31 bits per heavy atom. The normalized spacial score (nSPS) is 23.6. The van der Waals surface area contributed by atoms with Gasteiger partial charge < -0.3 is 15.7 Å². The van der Waals surface area contributed by atoms with Gasteiger partial charge in [0.1, 0.15) is 0 Å². The Hall–Kier alpha value is -0.770. The van der Waals surface area contributed by atoms with E-state index < -0.39 is 6.10 Å². The van der Waals surface area contributed by atoms with E-state index in [1.54, 1.807) is 6.07 Å². The lowest BCUT2D eigenvalue weighted by molar-refractivity contribution is 0.0863. The second kappa shape index (κ2) is 4.62. The Morgan fingerprint density at radius 1 is 1.56 bits per heavy atom. The summed E-state index contributed by atoms with van der Waals surface area (Å²) in [6.07, 6.45) is 1.58. The quantitative estimate of drug-likeness (QED) is 0.778. The predicted molar refractivity (Wildman–Crippen MR) is 66.5 cm³/mol.